The molecule has 0 unspecified atom stereocenters. The van der Waals surface area contributed by atoms with Gasteiger partial charge in [-0.1, -0.05) is 6.92 Å². The van der Waals surface area contributed by atoms with Gasteiger partial charge in [0.1, 0.15) is 23.9 Å². The fourth-order valence-electron chi connectivity index (χ4n) is 2.73. The zero-order valence-electron chi connectivity index (χ0n) is 15.6. The lowest BCUT2D eigenvalue weighted by Gasteiger charge is -2.14. The summed E-state index contributed by atoms with van der Waals surface area (Å²) in [5.74, 6) is 0.240. The number of anilines is 1. The molecule has 3 rings (SSSR count). The normalized spacial score (nSPS) is 10.5. The highest BCUT2D eigenvalue weighted by molar-refractivity contribution is 5.90. The van der Waals surface area contributed by atoms with E-state index in [2.05, 4.69) is 10.3 Å². The maximum atomic E-state index is 13.3. The standard InChI is InChI=1S/C21H20FN3O3/c1-3-16-12-20(27)25(21(24-16)14-4-6-15(22)7-5-14)13-19(26)23-17-8-10-18(28-2)11-9-17/h4-12H,3,13H2,1-2H3,(H,23,26). The minimum Gasteiger partial charge on any atom is -0.497 e. The van der Waals surface area contributed by atoms with Gasteiger partial charge in [-0.3, -0.25) is 14.2 Å². The van der Waals surface area contributed by atoms with Crippen LogP contribution in [-0.2, 0) is 17.8 Å². The van der Waals surface area contributed by atoms with E-state index in [1.807, 2.05) is 6.92 Å². The van der Waals surface area contributed by atoms with Gasteiger partial charge in [0, 0.05) is 23.0 Å². The summed E-state index contributed by atoms with van der Waals surface area (Å²) in [6, 6.07) is 13.9. The van der Waals surface area contributed by atoms with Crippen LogP contribution in [0, 0.1) is 5.82 Å². The van der Waals surface area contributed by atoms with Crippen molar-refractivity contribution in [2.24, 2.45) is 0 Å². The summed E-state index contributed by atoms with van der Waals surface area (Å²) in [5.41, 5.74) is 1.42. The van der Waals surface area contributed by atoms with Crippen molar-refractivity contribution in [2.45, 2.75) is 19.9 Å². The molecule has 0 aliphatic carbocycles. The Morgan fingerprint density at radius 2 is 1.82 bits per heavy atom. The average molecular weight is 381 g/mol. The fraction of sp³-hybridized carbons (Fsp3) is 0.190. The van der Waals surface area contributed by atoms with Crippen LogP contribution in [0.25, 0.3) is 11.4 Å². The highest BCUT2D eigenvalue weighted by atomic mass is 19.1. The van der Waals surface area contributed by atoms with Gasteiger partial charge in [-0.25, -0.2) is 9.37 Å². The van der Waals surface area contributed by atoms with Crippen molar-refractivity contribution < 1.29 is 13.9 Å². The summed E-state index contributed by atoms with van der Waals surface area (Å²) in [4.78, 5) is 29.6. The Labute approximate surface area is 161 Å². The van der Waals surface area contributed by atoms with Crippen molar-refractivity contribution in [3.05, 3.63) is 76.5 Å². The molecule has 6 nitrogen and oxygen atoms in total. The number of carbonyl (C=O) groups excluding carboxylic acids is 1. The van der Waals surface area contributed by atoms with E-state index < -0.39 is 0 Å². The van der Waals surface area contributed by atoms with Crippen LogP contribution in [0.5, 0.6) is 5.75 Å². The molecule has 7 heteroatoms. The van der Waals surface area contributed by atoms with Crippen LogP contribution in [0.15, 0.2) is 59.4 Å². The molecule has 0 spiro atoms. The van der Waals surface area contributed by atoms with Crippen LogP contribution in [0.4, 0.5) is 10.1 Å². The lowest BCUT2D eigenvalue weighted by atomic mass is 10.2. The number of rotatable bonds is 6. The van der Waals surface area contributed by atoms with Crippen LogP contribution >= 0.6 is 0 Å². The van der Waals surface area contributed by atoms with Gasteiger partial charge in [0.2, 0.25) is 5.91 Å². The zero-order valence-corrected chi connectivity index (χ0v) is 15.6. The number of aromatic nitrogens is 2. The molecule has 0 fully saturated rings. The molecule has 1 N–H and O–H groups in total. The second-order valence-corrected chi connectivity index (χ2v) is 6.13. The summed E-state index contributed by atoms with van der Waals surface area (Å²) < 4.78 is 19.6. The molecule has 3 aromatic rings. The second-order valence-electron chi connectivity index (χ2n) is 6.13. The van der Waals surface area contributed by atoms with E-state index in [-0.39, 0.29) is 23.8 Å². The van der Waals surface area contributed by atoms with E-state index in [0.29, 0.717) is 34.9 Å². The van der Waals surface area contributed by atoms with E-state index in [0.717, 1.165) is 0 Å². The summed E-state index contributed by atoms with van der Waals surface area (Å²) in [7, 11) is 1.56. The van der Waals surface area contributed by atoms with Gasteiger partial charge < -0.3 is 10.1 Å². The molecule has 0 saturated heterocycles. The van der Waals surface area contributed by atoms with Gasteiger partial charge in [0.15, 0.2) is 0 Å². The molecule has 0 aliphatic rings. The lowest BCUT2D eigenvalue weighted by molar-refractivity contribution is -0.116. The summed E-state index contributed by atoms with van der Waals surface area (Å²) in [6.45, 7) is 1.67. The van der Waals surface area contributed by atoms with Crippen LogP contribution in [0.2, 0.25) is 0 Å². The number of hydrogen-bond donors (Lipinski definition) is 1. The maximum Gasteiger partial charge on any atom is 0.254 e. The van der Waals surface area contributed by atoms with Crippen molar-refractivity contribution in [3.63, 3.8) is 0 Å². The summed E-state index contributed by atoms with van der Waals surface area (Å²) >= 11 is 0. The molecule has 144 valence electrons. The van der Waals surface area contributed by atoms with E-state index >= 15 is 0 Å². The van der Waals surface area contributed by atoms with Gasteiger partial charge in [0.05, 0.1) is 7.11 Å². The number of ether oxygens (including phenoxy) is 1. The highest BCUT2D eigenvalue weighted by Gasteiger charge is 2.14. The Morgan fingerprint density at radius 1 is 1.14 bits per heavy atom. The number of halogens is 1. The first-order valence-corrected chi connectivity index (χ1v) is 8.80. The Hall–Kier alpha value is -3.48. The molecule has 0 radical (unpaired) electrons. The van der Waals surface area contributed by atoms with Crippen molar-refractivity contribution in [3.8, 4) is 17.1 Å². The van der Waals surface area contributed by atoms with E-state index in [1.54, 1.807) is 31.4 Å². The van der Waals surface area contributed by atoms with Crippen LogP contribution in [0.1, 0.15) is 12.6 Å². The Morgan fingerprint density at radius 3 is 2.43 bits per heavy atom. The molecule has 0 bridgehead atoms. The van der Waals surface area contributed by atoms with Crippen molar-refractivity contribution in [1.29, 1.82) is 0 Å². The SMILES string of the molecule is CCc1cc(=O)n(CC(=O)Nc2ccc(OC)cc2)c(-c2ccc(F)cc2)n1. The molecular formula is C21H20FN3O3. The Kier molecular flexibility index (Phi) is 5.84. The van der Waals surface area contributed by atoms with E-state index in [4.69, 9.17) is 4.74 Å². The molecule has 2 aromatic carbocycles. The third-order valence-corrected chi connectivity index (χ3v) is 4.20. The first-order valence-electron chi connectivity index (χ1n) is 8.80. The first kappa shape index (κ1) is 19.3. The Bertz CT molecular complexity index is 1030. The number of nitrogens with one attached hydrogen (secondary N) is 1. The molecule has 28 heavy (non-hydrogen) atoms. The number of nitrogens with zero attached hydrogens (tertiary/aromatic N) is 2. The molecule has 1 aromatic heterocycles. The first-order chi connectivity index (χ1) is 13.5. The Balaban J connectivity index is 1.90. The number of methoxy groups -OCH3 is 1. The van der Waals surface area contributed by atoms with Gasteiger partial charge in [-0.2, -0.15) is 0 Å². The van der Waals surface area contributed by atoms with E-state index in [1.165, 1.54) is 34.9 Å². The van der Waals surface area contributed by atoms with Gasteiger partial charge in [-0.15, -0.1) is 0 Å². The van der Waals surface area contributed by atoms with Crippen molar-refractivity contribution >= 4 is 11.6 Å². The molecule has 0 saturated carbocycles. The highest BCUT2D eigenvalue weighted by Crippen LogP contribution is 2.18. The number of amides is 1. The van der Waals surface area contributed by atoms with Crippen LogP contribution in [-0.4, -0.2) is 22.6 Å². The summed E-state index contributed by atoms with van der Waals surface area (Å²) in [5, 5.41) is 2.74. The van der Waals surface area contributed by atoms with Gasteiger partial charge in [-0.05, 0) is 55.0 Å². The molecule has 0 atom stereocenters. The third-order valence-electron chi connectivity index (χ3n) is 4.20. The monoisotopic (exact) mass is 381 g/mol. The minimum atomic E-state index is -0.387. The number of hydrogen-bond acceptors (Lipinski definition) is 4. The van der Waals surface area contributed by atoms with Gasteiger partial charge >= 0.3 is 0 Å². The molecule has 1 amide bonds. The quantitative estimate of drug-likeness (QED) is 0.711. The van der Waals surface area contributed by atoms with Crippen molar-refractivity contribution in [1.82, 2.24) is 9.55 Å². The maximum absolute atomic E-state index is 13.3. The average Bonchev–Trinajstić information content (AvgIpc) is 2.70. The smallest absolute Gasteiger partial charge is 0.254 e. The van der Waals surface area contributed by atoms with E-state index in [9.17, 15) is 14.0 Å². The predicted octanol–water partition coefficient (Wildman–Crippen LogP) is 3.26. The third kappa shape index (κ3) is 4.43. The van der Waals surface area contributed by atoms with Crippen molar-refractivity contribution in [2.75, 3.05) is 12.4 Å². The second kappa shape index (κ2) is 8.47. The molecule has 0 aliphatic heterocycles. The molecule has 1 heterocycles. The number of benzene rings is 2. The predicted molar refractivity (Wildman–Crippen MR) is 105 cm³/mol. The summed E-state index contributed by atoms with van der Waals surface area (Å²) in [6.07, 6.45) is 0.572. The number of aryl methyl sites for hydroxylation is 1. The van der Waals surface area contributed by atoms with Crippen LogP contribution in [0.3, 0.4) is 0 Å². The fourth-order valence-corrected chi connectivity index (χ4v) is 2.73. The van der Waals surface area contributed by atoms with Crippen LogP contribution < -0.4 is 15.6 Å². The number of carbonyl (C=O) groups is 1. The largest absolute Gasteiger partial charge is 0.497 e. The minimum absolute atomic E-state index is 0.214. The van der Waals surface area contributed by atoms with Gasteiger partial charge in [0.25, 0.3) is 5.56 Å². The topological polar surface area (TPSA) is 73.2 Å². The lowest BCUT2D eigenvalue weighted by Crippen LogP contribution is -2.30. The molecular weight excluding hydrogens is 361 g/mol. The zero-order chi connectivity index (χ0) is 20.1.